The van der Waals surface area contributed by atoms with E-state index in [0.717, 1.165) is 5.56 Å². The molecule has 0 unspecified atom stereocenters. The zero-order chi connectivity index (χ0) is 22.3. The van der Waals surface area contributed by atoms with Crippen LogP contribution in [0.3, 0.4) is 0 Å². The third kappa shape index (κ3) is 6.04. The van der Waals surface area contributed by atoms with Crippen molar-refractivity contribution in [2.45, 2.75) is 27.2 Å². The molecule has 2 rings (SSSR count). The van der Waals surface area contributed by atoms with E-state index in [4.69, 9.17) is 4.74 Å². The molecule has 2 aromatic rings. The van der Waals surface area contributed by atoms with Gasteiger partial charge in [0.25, 0.3) is 5.91 Å². The number of aromatic nitrogens is 1. The first-order valence-corrected chi connectivity index (χ1v) is 9.70. The second kappa shape index (κ2) is 10.4. The van der Waals surface area contributed by atoms with E-state index in [1.165, 1.54) is 28.7 Å². The first-order valence-electron chi connectivity index (χ1n) is 9.70. The summed E-state index contributed by atoms with van der Waals surface area (Å²) in [7, 11) is 1.62. The minimum absolute atomic E-state index is 0.142. The molecule has 0 aliphatic rings. The molecule has 0 radical (unpaired) electrons. The van der Waals surface area contributed by atoms with Gasteiger partial charge in [-0.05, 0) is 38.0 Å². The number of esters is 1. The van der Waals surface area contributed by atoms with Crippen molar-refractivity contribution in [1.82, 2.24) is 9.47 Å². The van der Waals surface area contributed by atoms with E-state index in [1.807, 2.05) is 32.0 Å². The fourth-order valence-electron chi connectivity index (χ4n) is 2.89. The molecule has 0 fully saturated rings. The monoisotopic (exact) mass is 413 g/mol. The summed E-state index contributed by atoms with van der Waals surface area (Å²) >= 11 is 0. The Labute approximate surface area is 175 Å². The van der Waals surface area contributed by atoms with Crippen LogP contribution in [0.15, 0.2) is 36.5 Å². The highest BCUT2D eigenvalue weighted by Gasteiger charge is 2.21. The predicted octanol–water partition coefficient (Wildman–Crippen LogP) is 2.57. The number of nitrogens with one attached hydrogen (secondary N) is 1. The lowest BCUT2D eigenvalue weighted by molar-refractivity contribution is -0.137. The van der Waals surface area contributed by atoms with Gasteiger partial charge in [0.15, 0.2) is 12.4 Å². The first kappa shape index (κ1) is 22.9. The Bertz CT molecular complexity index is 948. The number of amides is 2. The molecule has 0 bridgehead atoms. The van der Waals surface area contributed by atoms with E-state index < -0.39 is 18.5 Å². The number of aryl methyl sites for hydroxylation is 2. The molecule has 1 aromatic heterocycles. The lowest BCUT2D eigenvalue weighted by Crippen LogP contribution is -2.40. The van der Waals surface area contributed by atoms with E-state index in [1.54, 1.807) is 13.1 Å². The van der Waals surface area contributed by atoms with Gasteiger partial charge < -0.3 is 19.5 Å². The second-order valence-electron chi connectivity index (χ2n) is 7.04. The Hall–Kier alpha value is -3.42. The van der Waals surface area contributed by atoms with Crippen LogP contribution in [0.25, 0.3) is 0 Å². The van der Waals surface area contributed by atoms with E-state index >= 15 is 0 Å². The standard InChI is InChI=1S/C22H27N3O5/c1-5-10-25(13-20(27)23-18-9-7-6-8-15(18)2)21(28)14-30-22(29)19-11-17(16(3)26)12-24(19)4/h6-9,11-12H,5,10,13-14H2,1-4H3,(H,23,27). The largest absolute Gasteiger partial charge is 0.451 e. The highest BCUT2D eigenvalue weighted by molar-refractivity contribution is 5.98. The first-order chi connectivity index (χ1) is 14.2. The van der Waals surface area contributed by atoms with Gasteiger partial charge in [-0.15, -0.1) is 0 Å². The lowest BCUT2D eigenvalue weighted by Gasteiger charge is -2.21. The zero-order valence-corrected chi connectivity index (χ0v) is 17.7. The van der Waals surface area contributed by atoms with Gasteiger partial charge >= 0.3 is 5.97 Å². The third-order valence-electron chi connectivity index (χ3n) is 4.55. The molecular weight excluding hydrogens is 386 g/mol. The van der Waals surface area contributed by atoms with Crippen LogP contribution < -0.4 is 5.32 Å². The van der Waals surface area contributed by atoms with Crippen molar-refractivity contribution >= 4 is 29.3 Å². The van der Waals surface area contributed by atoms with Crippen molar-refractivity contribution in [1.29, 1.82) is 0 Å². The van der Waals surface area contributed by atoms with Crippen molar-refractivity contribution in [2.75, 3.05) is 25.0 Å². The Morgan fingerprint density at radius 1 is 1.17 bits per heavy atom. The smallest absolute Gasteiger partial charge is 0.355 e. The summed E-state index contributed by atoms with van der Waals surface area (Å²) in [5, 5.41) is 2.79. The van der Waals surface area contributed by atoms with Gasteiger partial charge in [0.2, 0.25) is 5.91 Å². The molecule has 30 heavy (non-hydrogen) atoms. The second-order valence-corrected chi connectivity index (χ2v) is 7.04. The predicted molar refractivity (Wildman–Crippen MR) is 112 cm³/mol. The lowest BCUT2D eigenvalue weighted by atomic mass is 10.2. The number of rotatable bonds is 9. The normalized spacial score (nSPS) is 10.4. The summed E-state index contributed by atoms with van der Waals surface area (Å²) in [5.74, 6) is -1.68. The molecule has 0 aliphatic heterocycles. The number of hydrogen-bond donors (Lipinski definition) is 1. The summed E-state index contributed by atoms with van der Waals surface area (Å²) < 4.78 is 6.59. The fraction of sp³-hybridized carbons (Fsp3) is 0.364. The van der Waals surface area contributed by atoms with Gasteiger partial charge in [-0.2, -0.15) is 0 Å². The molecule has 2 amide bonds. The molecule has 0 atom stereocenters. The quantitative estimate of drug-likeness (QED) is 0.503. The van der Waals surface area contributed by atoms with E-state index in [2.05, 4.69) is 5.32 Å². The molecule has 0 spiro atoms. The van der Waals surface area contributed by atoms with Crippen molar-refractivity contribution in [3.05, 3.63) is 53.3 Å². The van der Waals surface area contributed by atoms with Crippen LogP contribution >= 0.6 is 0 Å². The molecule has 160 valence electrons. The maximum Gasteiger partial charge on any atom is 0.355 e. The summed E-state index contributed by atoms with van der Waals surface area (Å²) in [6.07, 6.45) is 2.18. The highest BCUT2D eigenvalue weighted by atomic mass is 16.5. The van der Waals surface area contributed by atoms with Crippen LogP contribution in [-0.4, -0.2) is 52.7 Å². The summed E-state index contributed by atoms with van der Waals surface area (Å²) in [6.45, 7) is 4.90. The number of carbonyl (C=O) groups is 4. The van der Waals surface area contributed by atoms with Gasteiger partial charge in [0, 0.05) is 31.0 Å². The number of nitrogens with zero attached hydrogens (tertiary/aromatic N) is 2. The van der Waals surface area contributed by atoms with Crippen LogP contribution in [-0.2, 0) is 21.4 Å². The van der Waals surface area contributed by atoms with Gasteiger partial charge in [-0.25, -0.2) is 4.79 Å². The van der Waals surface area contributed by atoms with Gasteiger partial charge in [0.1, 0.15) is 5.69 Å². The number of carbonyl (C=O) groups excluding carboxylic acids is 4. The molecule has 0 saturated carbocycles. The number of anilines is 1. The summed E-state index contributed by atoms with van der Waals surface area (Å²) in [4.78, 5) is 50.0. The number of hydrogen-bond acceptors (Lipinski definition) is 5. The molecule has 0 aliphatic carbocycles. The van der Waals surface area contributed by atoms with Crippen LogP contribution in [0.2, 0.25) is 0 Å². The molecule has 1 aromatic carbocycles. The average Bonchev–Trinajstić information content (AvgIpc) is 3.09. The number of Topliss-reactive ketones (excluding diaryl/α,β-unsaturated/α-hetero) is 1. The Morgan fingerprint density at radius 2 is 1.87 bits per heavy atom. The van der Waals surface area contributed by atoms with Crippen LogP contribution in [0.1, 0.15) is 46.7 Å². The van der Waals surface area contributed by atoms with Gasteiger partial charge in [-0.1, -0.05) is 25.1 Å². The average molecular weight is 413 g/mol. The molecule has 8 nitrogen and oxygen atoms in total. The van der Waals surface area contributed by atoms with Crippen LogP contribution in [0.5, 0.6) is 0 Å². The van der Waals surface area contributed by atoms with Crippen molar-refractivity contribution in [3.63, 3.8) is 0 Å². The number of ether oxygens (including phenoxy) is 1. The number of ketones is 1. The SMILES string of the molecule is CCCN(CC(=O)Nc1ccccc1C)C(=O)COC(=O)c1cc(C(C)=O)cn1C. The van der Waals surface area contributed by atoms with Crippen LogP contribution in [0, 0.1) is 6.92 Å². The summed E-state index contributed by atoms with van der Waals surface area (Å²) in [6, 6.07) is 8.78. The minimum atomic E-state index is -0.709. The molecule has 8 heteroatoms. The maximum absolute atomic E-state index is 12.5. The number of benzene rings is 1. The Balaban J connectivity index is 1.96. The van der Waals surface area contributed by atoms with Gasteiger partial charge in [0.05, 0.1) is 6.54 Å². The topological polar surface area (TPSA) is 97.7 Å². The van der Waals surface area contributed by atoms with Gasteiger partial charge in [-0.3, -0.25) is 14.4 Å². The maximum atomic E-state index is 12.5. The van der Waals surface area contributed by atoms with Crippen molar-refractivity contribution in [2.24, 2.45) is 7.05 Å². The highest BCUT2D eigenvalue weighted by Crippen LogP contribution is 2.13. The van der Waals surface area contributed by atoms with Crippen molar-refractivity contribution < 1.29 is 23.9 Å². The summed E-state index contributed by atoms with van der Waals surface area (Å²) in [5.41, 5.74) is 2.16. The van der Waals surface area contributed by atoms with E-state index in [-0.39, 0.29) is 23.9 Å². The molecular formula is C22H27N3O5. The minimum Gasteiger partial charge on any atom is -0.451 e. The van der Waals surface area contributed by atoms with Crippen molar-refractivity contribution in [3.8, 4) is 0 Å². The molecule has 0 saturated heterocycles. The van der Waals surface area contributed by atoms with E-state index in [9.17, 15) is 19.2 Å². The third-order valence-corrected chi connectivity index (χ3v) is 4.55. The number of para-hydroxylation sites is 1. The Morgan fingerprint density at radius 3 is 2.47 bits per heavy atom. The van der Waals surface area contributed by atoms with Crippen LogP contribution in [0.4, 0.5) is 5.69 Å². The molecule has 1 heterocycles. The Kier molecular flexibility index (Phi) is 7.91. The van der Waals surface area contributed by atoms with E-state index in [0.29, 0.717) is 24.2 Å². The fourth-order valence-corrected chi connectivity index (χ4v) is 2.89. The molecule has 1 N–H and O–H groups in total. The zero-order valence-electron chi connectivity index (χ0n) is 17.7.